The first-order valence-electron chi connectivity index (χ1n) is 8.38. The van der Waals surface area contributed by atoms with Crippen LogP contribution in [0.3, 0.4) is 0 Å². The van der Waals surface area contributed by atoms with Crippen LogP contribution in [0.1, 0.15) is 51.2 Å². The van der Waals surface area contributed by atoms with E-state index >= 15 is 0 Å². The molecule has 1 fully saturated rings. The second-order valence-corrected chi connectivity index (χ2v) is 5.73. The highest BCUT2D eigenvalue weighted by Crippen LogP contribution is 2.23. The molecule has 1 amide bonds. The number of esters is 1. The van der Waals surface area contributed by atoms with E-state index in [-0.39, 0.29) is 24.3 Å². The largest absolute Gasteiger partial charge is 0.466 e. The molecular formula is C18H25NO4. The summed E-state index contributed by atoms with van der Waals surface area (Å²) in [6.45, 7) is 2.56. The zero-order chi connectivity index (χ0) is 16.5. The number of furan rings is 1. The zero-order valence-corrected chi connectivity index (χ0v) is 13.7. The van der Waals surface area contributed by atoms with E-state index in [1.54, 1.807) is 31.4 Å². The fourth-order valence-electron chi connectivity index (χ4n) is 2.95. The molecule has 5 heteroatoms. The van der Waals surface area contributed by atoms with Crippen LogP contribution in [0.4, 0.5) is 0 Å². The Labute approximate surface area is 137 Å². The second kappa shape index (κ2) is 9.18. The third-order valence-electron chi connectivity index (χ3n) is 4.09. The predicted octanol–water partition coefficient (Wildman–Crippen LogP) is 3.41. The molecular weight excluding hydrogens is 294 g/mol. The van der Waals surface area contributed by atoms with E-state index in [4.69, 9.17) is 9.15 Å². The summed E-state index contributed by atoms with van der Waals surface area (Å²) in [5, 5.41) is 0. The minimum Gasteiger partial charge on any atom is -0.466 e. The van der Waals surface area contributed by atoms with Crippen molar-refractivity contribution in [1.82, 2.24) is 4.90 Å². The molecule has 1 aromatic rings. The van der Waals surface area contributed by atoms with Crippen molar-refractivity contribution in [2.45, 2.75) is 51.5 Å². The van der Waals surface area contributed by atoms with Crippen LogP contribution in [-0.2, 0) is 14.3 Å². The highest BCUT2D eigenvalue weighted by Gasteiger charge is 2.24. The molecule has 126 valence electrons. The quantitative estimate of drug-likeness (QED) is 0.571. The van der Waals surface area contributed by atoms with Crippen LogP contribution < -0.4 is 0 Å². The van der Waals surface area contributed by atoms with Gasteiger partial charge in [0.25, 0.3) is 0 Å². The van der Waals surface area contributed by atoms with Crippen LogP contribution in [0.5, 0.6) is 0 Å². The van der Waals surface area contributed by atoms with Crippen molar-refractivity contribution in [2.75, 3.05) is 13.2 Å². The molecule has 0 aliphatic heterocycles. The van der Waals surface area contributed by atoms with Crippen molar-refractivity contribution in [3.63, 3.8) is 0 Å². The molecule has 1 aliphatic rings. The maximum absolute atomic E-state index is 12.6. The summed E-state index contributed by atoms with van der Waals surface area (Å²) in [6, 6.07) is 3.80. The Bertz CT molecular complexity index is 515. The number of carbonyl (C=O) groups is 2. The van der Waals surface area contributed by atoms with E-state index in [1.165, 1.54) is 12.5 Å². The highest BCUT2D eigenvalue weighted by atomic mass is 16.5. The molecule has 1 saturated carbocycles. The maximum Gasteiger partial charge on any atom is 0.307 e. The van der Waals surface area contributed by atoms with Gasteiger partial charge in [-0.3, -0.25) is 9.59 Å². The lowest BCUT2D eigenvalue weighted by molar-refractivity contribution is -0.144. The fraction of sp³-hybridized carbons (Fsp3) is 0.556. The average molecular weight is 319 g/mol. The monoisotopic (exact) mass is 319 g/mol. The summed E-state index contributed by atoms with van der Waals surface area (Å²) < 4.78 is 10.2. The van der Waals surface area contributed by atoms with Gasteiger partial charge in [-0.25, -0.2) is 0 Å². The molecule has 1 aromatic heterocycles. The van der Waals surface area contributed by atoms with Crippen molar-refractivity contribution in [1.29, 1.82) is 0 Å². The van der Waals surface area contributed by atoms with Gasteiger partial charge in [0.15, 0.2) is 0 Å². The Morgan fingerprint density at radius 1 is 1.35 bits per heavy atom. The molecule has 23 heavy (non-hydrogen) atoms. The van der Waals surface area contributed by atoms with Gasteiger partial charge in [0, 0.05) is 18.7 Å². The van der Waals surface area contributed by atoms with Gasteiger partial charge in [-0.2, -0.15) is 0 Å². The van der Waals surface area contributed by atoms with Crippen LogP contribution in [0.2, 0.25) is 0 Å². The summed E-state index contributed by atoms with van der Waals surface area (Å²) in [5.74, 6) is 0.320. The van der Waals surface area contributed by atoms with Gasteiger partial charge in [-0.1, -0.05) is 19.3 Å². The first-order chi connectivity index (χ1) is 11.2. The normalized spacial score (nSPS) is 15.7. The number of hydrogen-bond acceptors (Lipinski definition) is 4. The van der Waals surface area contributed by atoms with Gasteiger partial charge in [0.1, 0.15) is 5.76 Å². The van der Waals surface area contributed by atoms with Crippen molar-refractivity contribution in [2.24, 2.45) is 0 Å². The van der Waals surface area contributed by atoms with E-state index in [0.717, 1.165) is 25.7 Å². The Morgan fingerprint density at radius 2 is 2.13 bits per heavy atom. The second-order valence-electron chi connectivity index (χ2n) is 5.73. The van der Waals surface area contributed by atoms with Gasteiger partial charge in [0.2, 0.25) is 5.91 Å². The van der Waals surface area contributed by atoms with Crippen LogP contribution in [-0.4, -0.2) is 36.0 Å². The smallest absolute Gasteiger partial charge is 0.307 e. The SMILES string of the molecule is CCOC(=O)CCN(C(=O)/C=C/c1ccco1)C1CCCCC1. The van der Waals surface area contributed by atoms with Gasteiger partial charge in [0.05, 0.1) is 19.3 Å². The summed E-state index contributed by atoms with van der Waals surface area (Å²) in [5.41, 5.74) is 0. The van der Waals surface area contributed by atoms with Crippen LogP contribution >= 0.6 is 0 Å². The number of ether oxygens (including phenoxy) is 1. The Morgan fingerprint density at radius 3 is 2.78 bits per heavy atom. The minimum absolute atomic E-state index is 0.0717. The third kappa shape index (κ3) is 5.58. The maximum atomic E-state index is 12.6. The number of nitrogens with zero attached hydrogens (tertiary/aromatic N) is 1. The lowest BCUT2D eigenvalue weighted by atomic mass is 9.94. The molecule has 5 nitrogen and oxygen atoms in total. The minimum atomic E-state index is -0.254. The Balaban J connectivity index is 1.99. The fourth-order valence-corrected chi connectivity index (χ4v) is 2.95. The summed E-state index contributed by atoms with van der Waals surface area (Å²) >= 11 is 0. The molecule has 1 aliphatic carbocycles. The first kappa shape index (κ1) is 17.3. The van der Waals surface area contributed by atoms with Gasteiger partial charge in [-0.15, -0.1) is 0 Å². The lowest BCUT2D eigenvalue weighted by Crippen LogP contribution is -2.42. The lowest BCUT2D eigenvalue weighted by Gasteiger charge is -2.33. The van der Waals surface area contributed by atoms with Crippen LogP contribution in [0.15, 0.2) is 28.9 Å². The zero-order valence-electron chi connectivity index (χ0n) is 13.7. The van der Waals surface area contributed by atoms with E-state index in [9.17, 15) is 9.59 Å². The summed E-state index contributed by atoms with van der Waals surface area (Å²) in [6.07, 6.45) is 10.5. The molecule has 0 saturated heterocycles. The predicted molar refractivity (Wildman–Crippen MR) is 87.6 cm³/mol. The number of carbonyl (C=O) groups excluding carboxylic acids is 2. The first-order valence-corrected chi connectivity index (χ1v) is 8.38. The molecule has 0 unspecified atom stereocenters. The van der Waals surface area contributed by atoms with Crippen molar-refractivity contribution >= 4 is 18.0 Å². The molecule has 0 atom stereocenters. The molecule has 0 spiro atoms. The van der Waals surface area contributed by atoms with Gasteiger partial charge >= 0.3 is 5.97 Å². The van der Waals surface area contributed by atoms with Crippen molar-refractivity contribution in [3.05, 3.63) is 30.2 Å². The Hall–Kier alpha value is -2.04. The molecule has 1 heterocycles. The Kier molecular flexibility index (Phi) is 6.91. The standard InChI is InChI=1S/C18H25NO4/c1-2-22-18(21)12-13-19(15-7-4-3-5-8-15)17(20)11-10-16-9-6-14-23-16/h6,9-11,14-15H,2-5,7-8,12-13H2,1H3/b11-10+. The van der Waals surface area contributed by atoms with Crippen LogP contribution in [0.25, 0.3) is 6.08 Å². The highest BCUT2D eigenvalue weighted by molar-refractivity contribution is 5.91. The molecule has 0 radical (unpaired) electrons. The molecule has 0 aromatic carbocycles. The van der Waals surface area contributed by atoms with Crippen molar-refractivity contribution in [3.8, 4) is 0 Å². The number of amides is 1. The number of hydrogen-bond donors (Lipinski definition) is 0. The molecule has 2 rings (SSSR count). The molecule has 0 bridgehead atoms. The van der Waals surface area contributed by atoms with E-state index in [1.807, 2.05) is 4.90 Å². The van der Waals surface area contributed by atoms with Crippen LogP contribution in [0, 0.1) is 0 Å². The summed E-state index contributed by atoms with van der Waals surface area (Å²) in [7, 11) is 0. The van der Waals surface area contributed by atoms with Crippen molar-refractivity contribution < 1.29 is 18.7 Å². The molecule has 0 N–H and O–H groups in total. The number of rotatable bonds is 7. The van der Waals surface area contributed by atoms with E-state index in [2.05, 4.69) is 0 Å². The topological polar surface area (TPSA) is 59.8 Å². The third-order valence-corrected chi connectivity index (χ3v) is 4.09. The average Bonchev–Trinajstić information content (AvgIpc) is 3.08. The summed E-state index contributed by atoms with van der Waals surface area (Å²) in [4.78, 5) is 26.0. The van der Waals surface area contributed by atoms with E-state index in [0.29, 0.717) is 18.9 Å². The van der Waals surface area contributed by atoms with Gasteiger partial charge in [-0.05, 0) is 38.0 Å². The van der Waals surface area contributed by atoms with Gasteiger partial charge < -0.3 is 14.1 Å². The van der Waals surface area contributed by atoms with E-state index < -0.39 is 0 Å².